The number of amides is 1. The van der Waals surface area contributed by atoms with Crippen molar-refractivity contribution in [3.63, 3.8) is 0 Å². The Hall–Kier alpha value is -1.59. The molecular formula is C32H31Cl2N2Na2O6+. The first kappa shape index (κ1) is 36.9. The third-order valence-corrected chi connectivity index (χ3v) is 8.26. The van der Waals surface area contributed by atoms with Crippen LogP contribution in [0, 0.1) is 0 Å². The number of aliphatic hydroxyl groups excluding tert-OH is 1. The molecule has 3 aromatic carbocycles. The number of benzene rings is 3. The van der Waals surface area contributed by atoms with Crippen LogP contribution in [-0.2, 0) is 16.2 Å². The van der Waals surface area contributed by atoms with Gasteiger partial charge in [0.2, 0.25) is 0 Å². The second-order valence-electron chi connectivity index (χ2n) is 10.6. The number of hydrogen-bond donors (Lipinski definition) is 1. The molecule has 5 rings (SSSR count). The van der Waals surface area contributed by atoms with Crippen LogP contribution in [0.4, 0.5) is 0 Å². The van der Waals surface area contributed by atoms with Crippen LogP contribution in [0.5, 0.6) is 5.75 Å². The summed E-state index contributed by atoms with van der Waals surface area (Å²) in [5.41, 5.74) is 2.11. The monoisotopic (exact) mass is 655 g/mol. The van der Waals surface area contributed by atoms with Gasteiger partial charge in [0.25, 0.3) is 5.91 Å². The van der Waals surface area contributed by atoms with Gasteiger partial charge in [-0.1, -0.05) is 72.4 Å². The molecule has 1 heterocycles. The Labute approximate surface area is 311 Å². The number of rotatable bonds is 9. The van der Waals surface area contributed by atoms with Gasteiger partial charge in [-0.2, -0.15) is 0 Å². The number of ether oxygens (including phenoxy) is 1. The van der Waals surface area contributed by atoms with E-state index in [0.29, 0.717) is 50.9 Å². The van der Waals surface area contributed by atoms with Crippen molar-refractivity contribution in [3.8, 4) is 5.75 Å². The van der Waals surface area contributed by atoms with Crippen LogP contribution in [0.1, 0.15) is 71.6 Å². The number of Topliss-reactive ketones (excluding diaryl/α,β-unsaturated/α-hetero) is 1. The van der Waals surface area contributed by atoms with Crippen LogP contribution in [0.15, 0.2) is 71.9 Å². The molecule has 0 spiro atoms. The number of halogens is 2. The first-order valence-corrected chi connectivity index (χ1v) is 14.6. The number of carbonyl (C=O) groups excluding carboxylic acids is 2. The van der Waals surface area contributed by atoms with Crippen molar-refractivity contribution in [2.75, 3.05) is 6.61 Å². The molecule has 1 amide bonds. The number of ketones is 1. The van der Waals surface area contributed by atoms with Crippen molar-refractivity contribution < 1.29 is 88.5 Å². The first-order chi connectivity index (χ1) is 20.2. The van der Waals surface area contributed by atoms with Gasteiger partial charge in [-0.05, 0) is 66.8 Å². The zero-order valence-electron chi connectivity index (χ0n) is 25.0. The van der Waals surface area contributed by atoms with Gasteiger partial charge in [0.15, 0.2) is 5.78 Å². The molecule has 44 heavy (non-hydrogen) atoms. The Kier molecular flexibility index (Phi) is 14.1. The normalized spacial score (nSPS) is 21.4. The van der Waals surface area contributed by atoms with Crippen molar-refractivity contribution in [2.24, 2.45) is 5.16 Å². The van der Waals surface area contributed by atoms with Crippen LogP contribution in [0.25, 0.3) is 0 Å². The largest absolute Gasteiger partial charge is 1.00 e. The minimum atomic E-state index is -0.947. The van der Waals surface area contributed by atoms with Crippen molar-refractivity contribution in [1.29, 1.82) is 0 Å². The second-order valence-corrected chi connectivity index (χ2v) is 11.5. The van der Waals surface area contributed by atoms with E-state index in [1.165, 1.54) is 6.92 Å². The molecule has 0 bridgehead atoms. The average Bonchev–Trinajstić information content (AvgIpc) is 2.97. The third-order valence-electron chi connectivity index (χ3n) is 7.70. The summed E-state index contributed by atoms with van der Waals surface area (Å²) in [6, 6.07) is 17.5. The van der Waals surface area contributed by atoms with Gasteiger partial charge in [-0.3, -0.25) is 9.59 Å². The first-order valence-electron chi connectivity index (χ1n) is 13.9. The molecule has 4 atom stereocenters. The number of fused-ring (bicyclic) bond motifs is 1. The van der Waals surface area contributed by atoms with E-state index in [9.17, 15) is 19.8 Å². The third kappa shape index (κ3) is 8.41. The minimum Gasteiger partial charge on any atom is -0.859 e. The fourth-order valence-corrected chi connectivity index (χ4v) is 6.33. The molecule has 1 aliphatic heterocycles. The van der Waals surface area contributed by atoms with Gasteiger partial charge >= 0.3 is 59.1 Å². The molecule has 1 N–H and O–H groups in total. The topological polar surface area (TPSA) is 111 Å². The molecule has 1 saturated carbocycles. The van der Waals surface area contributed by atoms with Gasteiger partial charge in [0.05, 0.1) is 18.2 Å². The molecule has 2 aliphatic rings. The van der Waals surface area contributed by atoms with Gasteiger partial charge < -0.3 is 24.7 Å². The smallest absolute Gasteiger partial charge is 0.859 e. The van der Waals surface area contributed by atoms with Gasteiger partial charge in [0, 0.05) is 27.4 Å². The number of carbonyl (C=O) groups is 2. The standard InChI is InChI=1S/C32H32Cl2N2O6.2Na/c1-19(37)17-41-22-8-6-7-20(15-22)18-42-35-31(39)29-23-9-2-3-10-24(23)32(40)36(27-11-4-5-12-28(27)38)30(29)25-14-13-21(33)16-26(25)34;;/h2-3,6-10,13-16,27-30,38H,4-5,11-12,17-18H2,1H3,(H,35,39);;/q;2*+1/p-1/t27-,28-,29+,30-;;/m0../s1. The number of nitrogens with zero attached hydrogens (tertiary/aromatic N) is 2. The van der Waals surface area contributed by atoms with Crippen molar-refractivity contribution >= 4 is 40.8 Å². The van der Waals surface area contributed by atoms with Crippen molar-refractivity contribution in [1.82, 2.24) is 4.90 Å². The second kappa shape index (κ2) is 16.8. The van der Waals surface area contributed by atoms with Crippen molar-refractivity contribution in [3.05, 3.63) is 99.0 Å². The van der Waals surface area contributed by atoms with Crippen LogP contribution in [0.2, 0.25) is 10.0 Å². The van der Waals surface area contributed by atoms with Gasteiger partial charge in [-0.15, -0.1) is 5.16 Å². The van der Waals surface area contributed by atoms with Crippen LogP contribution < -0.4 is 69.0 Å². The molecule has 1 aliphatic carbocycles. The van der Waals surface area contributed by atoms with Crippen LogP contribution in [-0.4, -0.2) is 46.3 Å². The Balaban J connectivity index is 0.00000264. The predicted octanol–water partition coefficient (Wildman–Crippen LogP) is -0.556. The summed E-state index contributed by atoms with van der Waals surface area (Å²) in [5, 5.41) is 29.7. The average molecular weight is 656 g/mol. The molecule has 0 saturated heterocycles. The fourth-order valence-electron chi connectivity index (χ4n) is 5.81. The summed E-state index contributed by atoms with van der Waals surface area (Å²) < 4.78 is 5.46. The number of hydrogen-bond acceptors (Lipinski definition) is 7. The summed E-state index contributed by atoms with van der Waals surface area (Å²) in [7, 11) is 0. The molecule has 1 fully saturated rings. The predicted molar refractivity (Wildman–Crippen MR) is 158 cm³/mol. The van der Waals surface area contributed by atoms with Gasteiger partial charge in [0.1, 0.15) is 19.0 Å². The summed E-state index contributed by atoms with van der Waals surface area (Å²) in [6.07, 6.45) is 2.10. The maximum absolute atomic E-state index is 14.1. The van der Waals surface area contributed by atoms with E-state index >= 15 is 0 Å². The number of oxime groups is 1. The molecule has 0 unspecified atom stereocenters. The van der Waals surface area contributed by atoms with E-state index in [4.69, 9.17) is 32.8 Å². The molecule has 0 radical (unpaired) electrons. The molecular weight excluding hydrogens is 625 g/mol. The molecule has 8 nitrogen and oxygen atoms in total. The Bertz CT molecular complexity index is 1510. The Morgan fingerprint density at radius 1 is 1.02 bits per heavy atom. The zero-order valence-corrected chi connectivity index (χ0v) is 30.6. The van der Waals surface area contributed by atoms with E-state index in [-0.39, 0.29) is 84.0 Å². The van der Waals surface area contributed by atoms with E-state index < -0.39 is 30.0 Å². The van der Waals surface area contributed by atoms with Gasteiger partial charge in [-0.25, -0.2) is 0 Å². The fraction of sp³-hybridized carbons (Fsp3) is 0.344. The van der Waals surface area contributed by atoms with E-state index in [1.807, 2.05) is 0 Å². The van der Waals surface area contributed by atoms with E-state index in [2.05, 4.69) is 5.16 Å². The summed E-state index contributed by atoms with van der Waals surface area (Å²) in [6.45, 7) is 1.37. The van der Waals surface area contributed by atoms with Crippen LogP contribution in [0.3, 0.4) is 0 Å². The Morgan fingerprint density at radius 3 is 2.50 bits per heavy atom. The minimum absolute atomic E-state index is 0. The molecule has 12 heteroatoms. The molecule has 0 aromatic heterocycles. The molecule has 3 aromatic rings. The number of aliphatic hydroxyl groups is 1. The molecule has 220 valence electrons. The van der Waals surface area contributed by atoms with Crippen LogP contribution >= 0.6 is 23.2 Å². The Morgan fingerprint density at radius 2 is 1.77 bits per heavy atom. The van der Waals surface area contributed by atoms with Crippen molar-refractivity contribution in [2.45, 2.75) is 63.3 Å². The quantitative estimate of drug-likeness (QED) is 0.143. The summed E-state index contributed by atoms with van der Waals surface area (Å²) in [4.78, 5) is 32.5. The van der Waals surface area contributed by atoms with E-state index in [1.54, 1.807) is 71.6 Å². The summed E-state index contributed by atoms with van der Waals surface area (Å²) in [5.74, 6) is -1.42. The SMILES string of the molecule is CC(=O)COc1cccc(CON=C([O-])[C@@H]2c3ccccc3C(=O)N([C@H]3CCCC[C@@H]3O)[C@H]2c2ccc(Cl)cc2Cl)c1.[Na+].[Na+]. The zero-order chi connectivity index (χ0) is 29.8. The summed E-state index contributed by atoms with van der Waals surface area (Å²) >= 11 is 12.9. The van der Waals surface area contributed by atoms with E-state index in [0.717, 1.165) is 12.8 Å². The maximum atomic E-state index is 14.1. The maximum Gasteiger partial charge on any atom is 1.00 e.